The summed E-state index contributed by atoms with van der Waals surface area (Å²) in [6.45, 7) is 1.92. The van der Waals surface area contributed by atoms with Crippen LogP contribution in [0.1, 0.15) is 5.69 Å². The van der Waals surface area contributed by atoms with E-state index in [1.807, 2.05) is 42.2 Å². The molecule has 27 heavy (non-hydrogen) atoms. The summed E-state index contributed by atoms with van der Waals surface area (Å²) >= 11 is 1.43. The highest BCUT2D eigenvalue weighted by atomic mass is 32.2. The number of para-hydroxylation sites is 1. The van der Waals surface area contributed by atoms with Crippen molar-refractivity contribution in [2.24, 2.45) is 4.99 Å². The minimum Gasteiger partial charge on any atom is -0.312 e. The fourth-order valence-corrected chi connectivity index (χ4v) is 6.94. The molecule has 0 radical (unpaired) electrons. The number of sulfone groups is 1. The maximum absolute atomic E-state index is 12.5. The molecule has 2 aliphatic rings. The van der Waals surface area contributed by atoms with Crippen molar-refractivity contribution in [1.29, 1.82) is 0 Å². The molecule has 142 valence electrons. The Bertz CT molecular complexity index is 987. The zero-order chi connectivity index (χ0) is 19.0. The summed E-state index contributed by atoms with van der Waals surface area (Å²) in [7, 11) is -3.02. The van der Waals surface area contributed by atoms with Crippen LogP contribution in [0.15, 0.2) is 41.4 Å². The Hall–Kier alpha value is -2.33. The smallest absolute Gasteiger partial charge is 0.245 e. The number of carbonyl (C=O) groups is 1. The van der Waals surface area contributed by atoms with Crippen molar-refractivity contribution in [2.75, 3.05) is 28.3 Å². The molecule has 0 spiro atoms. The second kappa shape index (κ2) is 7.01. The highest BCUT2D eigenvalue weighted by Gasteiger charge is 2.44. The lowest BCUT2D eigenvalue weighted by Crippen LogP contribution is -2.36. The summed E-state index contributed by atoms with van der Waals surface area (Å²) < 4.78 is 23.6. The summed E-state index contributed by atoms with van der Waals surface area (Å²) in [5.74, 6) is 0.458. The Kier molecular flexibility index (Phi) is 4.68. The molecule has 2 aliphatic heterocycles. The monoisotopic (exact) mass is 405 g/mol. The van der Waals surface area contributed by atoms with Crippen molar-refractivity contribution in [1.82, 2.24) is 10.2 Å². The van der Waals surface area contributed by atoms with Gasteiger partial charge in [-0.15, -0.1) is 0 Å². The average Bonchev–Trinajstić information content (AvgIpc) is 3.26. The number of aliphatic imine (C=N–C) groups is 1. The van der Waals surface area contributed by atoms with Gasteiger partial charge in [0.2, 0.25) is 5.91 Å². The van der Waals surface area contributed by atoms with Crippen LogP contribution < -0.4 is 10.2 Å². The van der Waals surface area contributed by atoms with E-state index >= 15 is 0 Å². The number of aromatic nitrogens is 2. The van der Waals surface area contributed by atoms with Crippen molar-refractivity contribution >= 4 is 44.2 Å². The van der Waals surface area contributed by atoms with Gasteiger partial charge in [0.05, 0.1) is 17.5 Å². The lowest BCUT2D eigenvalue weighted by molar-refractivity contribution is -0.114. The zero-order valence-electron chi connectivity index (χ0n) is 14.6. The Labute approximate surface area is 161 Å². The second-order valence-electron chi connectivity index (χ2n) is 6.62. The molecule has 0 bridgehead atoms. The number of hydrogen-bond acceptors (Lipinski definition) is 7. The van der Waals surface area contributed by atoms with Crippen LogP contribution in [-0.4, -0.2) is 59.0 Å². The number of aromatic amines is 1. The lowest BCUT2D eigenvalue weighted by Gasteiger charge is -2.23. The number of benzene rings is 1. The molecule has 3 heterocycles. The number of anilines is 2. The molecule has 0 saturated carbocycles. The number of aryl methyl sites for hydroxylation is 1. The summed E-state index contributed by atoms with van der Waals surface area (Å²) in [6, 6.07) is 11.0. The molecule has 1 fully saturated rings. The van der Waals surface area contributed by atoms with E-state index in [9.17, 15) is 13.2 Å². The van der Waals surface area contributed by atoms with Gasteiger partial charge in [-0.1, -0.05) is 30.0 Å². The predicted molar refractivity (Wildman–Crippen MR) is 107 cm³/mol. The molecule has 0 unspecified atom stereocenters. The molecule has 2 atom stereocenters. The second-order valence-corrected chi connectivity index (χ2v) is 9.98. The van der Waals surface area contributed by atoms with Crippen LogP contribution in [0.2, 0.25) is 0 Å². The van der Waals surface area contributed by atoms with Crippen LogP contribution >= 0.6 is 11.8 Å². The van der Waals surface area contributed by atoms with Crippen LogP contribution in [0.3, 0.4) is 0 Å². The van der Waals surface area contributed by atoms with Crippen molar-refractivity contribution in [3.8, 4) is 0 Å². The maximum Gasteiger partial charge on any atom is 0.245 e. The van der Waals surface area contributed by atoms with E-state index in [1.54, 1.807) is 6.07 Å². The summed E-state index contributed by atoms with van der Waals surface area (Å²) in [4.78, 5) is 19.0. The van der Waals surface area contributed by atoms with Gasteiger partial charge in [-0.2, -0.15) is 5.10 Å². The number of fused-ring (bicyclic) bond motifs is 1. The SMILES string of the molecule is Cc1cc(NC(=O)CN(C2=N[C@H]3CS(=O)(=O)C[C@H]3S2)c2ccccc2)n[nH]1. The fraction of sp³-hybridized carbons (Fsp3) is 0.353. The third kappa shape index (κ3) is 4.01. The van der Waals surface area contributed by atoms with E-state index in [0.717, 1.165) is 11.4 Å². The number of H-pyrrole nitrogens is 1. The topological polar surface area (TPSA) is 108 Å². The minimum absolute atomic E-state index is 0.0634. The Balaban J connectivity index is 1.54. The minimum atomic E-state index is -3.02. The van der Waals surface area contributed by atoms with Gasteiger partial charge in [0, 0.05) is 22.7 Å². The van der Waals surface area contributed by atoms with Crippen molar-refractivity contribution in [2.45, 2.75) is 18.2 Å². The van der Waals surface area contributed by atoms with Crippen LogP contribution in [0.25, 0.3) is 0 Å². The van der Waals surface area contributed by atoms with Gasteiger partial charge in [-0.05, 0) is 19.1 Å². The highest BCUT2D eigenvalue weighted by molar-refractivity contribution is 8.15. The number of rotatable bonds is 4. The third-order valence-corrected chi connectivity index (χ3v) is 7.63. The predicted octanol–water partition coefficient (Wildman–Crippen LogP) is 1.43. The molecule has 0 aliphatic carbocycles. The average molecular weight is 406 g/mol. The van der Waals surface area contributed by atoms with Gasteiger partial charge in [-0.25, -0.2) is 8.42 Å². The van der Waals surface area contributed by atoms with E-state index in [1.165, 1.54) is 11.8 Å². The summed E-state index contributed by atoms with van der Waals surface area (Å²) in [5, 5.41) is 10.2. The first-order valence-electron chi connectivity index (χ1n) is 8.49. The van der Waals surface area contributed by atoms with E-state index in [2.05, 4.69) is 20.5 Å². The number of hydrogen-bond donors (Lipinski definition) is 2. The summed E-state index contributed by atoms with van der Waals surface area (Å²) in [6.07, 6.45) is 0. The number of carbonyl (C=O) groups excluding carboxylic acids is 1. The number of amides is 1. The van der Waals surface area contributed by atoms with Crippen LogP contribution in [0.4, 0.5) is 11.5 Å². The molecule has 1 aromatic carbocycles. The van der Waals surface area contributed by atoms with Crippen LogP contribution in [0, 0.1) is 6.92 Å². The largest absolute Gasteiger partial charge is 0.312 e. The molecule has 1 aromatic heterocycles. The van der Waals surface area contributed by atoms with Gasteiger partial charge >= 0.3 is 0 Å². The van der Waals surface area contributed by atoms with E-state index in [4.69, 9.17) is 0 Å². The first kappa shape index (κ1) is 18.1. The molecule has 4 rings (SSSR count). The van der Waals surface area contributed by atoms with Gasteiger partial charge in [0.15, 0.2) is 20.8 Å². The van der Waals surface area contributed by atoms with E-state index in [0.29, 0.717) is 11.0 Å². The Morgan fingerprint density at radius 3 is 2.78 bits per heavy atom. The molecule has 10 heteroatoms. The summed E-state index contributed by atoms with van der Waals surface area (Å²) in [5.41, 5.74) is 1.69. The first-order valence-corrected chi connectivity index (χ1v) is 11.2. The normalized spacial score (nSPS) is 22.9. The van der Waals surface area contributed by atoms with Gasteiger partial charge < -0.3 is 10.2 Å². The molecule has 1 saturated heterocycles. The standard InChI is InChI=1S/C17H19N5O3S2/c1-11-7-15(21-20-11)19-16(23)8-22(12-5-3-2-4-6-12)17-18-13-9-27(24,25)10-14(13)26-17/h2-7,13-14H,8-10H2,1H3,(H2,19,20,21,23)/t13-,14+/m0/s1. The van der Waals surface area contributed by atoms with Gasteiger partial charge in [-0.3, -0.25) is 14.9 Å². The number of nitrogens with zero attached hydrogens (tertiary/aromatic N) is 3. The fourth-order valence-electron chi connectivity index (χ4n) is 3.16. The quantitative estimate of drug-likeness (QED) is 0.797. The zero-order valence-corrected chi connectivity index (χ0v) is 16.3. The number of thioether (sulfide) groups is 1. The molecule has 2 aromatic rings. The van der Waals surface area contributed by atoms with Gasteiger partial charge in [0.1, 0.15) is 6.54 Å². The van der Waals surface area contributed by atoms with E-state index < -0.39 is 9.84 Å². The number of nitrogens with one attached hydrogen (secondary N) is 2. The maximum atomic E-state index is 12.5. The number of amidine groups is 1. The van der Waals surface area contributed by atoms with Crippen molar-refractivity contribution in [3.05, 3.63) is 42.1 Å². The van der Waals surface area contributed by atoms with Crippen LogP contribution in [-0.2, 0) is 14.6 Å². The molecule has 8 nitrogen and oxygen atoms in total. The van der Waals surface area contributed by atoms with Gasteiger partial charge in [0.25, 0.3) is 0 Å². The highest BCUT2D eigenvalue weighted by Crippen LogP contribution is 2.36. The molecular formula is C17H19N5O3S2. The third-order valence-electron chi connectivity index (χ3n) is 4.38. The Morgan fingerprint density at radius 1 is 1.33 bits per heavy atom. The van der Waals surface area contributed by atoms with E-state index in [-0.39, 0.29) is 35.2 Å². The Morgan fingerprint density at radius 2 is 2.11 bits per heavy atom. The molecular weight excluding hydrogens is 386 g/mol. The first-order chi connectivity index (χ1) is 12.9. The van der Waals surface area contributed by atoms with Crippen LogP contribution in [0.5, 0.6) is 0 Å². The molecule has 1 amide bonds. The van der Waals surface area contributed by atoms with Crippen molar-refractivity contribution < 1.29 is 13.2 Å². The van der Waals surface area contributed by atoms with Crippen molar-refractivity contribution in [3.63, 3.8) is 0 Å². The lowest BCUT2D eigenvalue weighted by atomic mass is 10.3. The molecule has 2 N–H and O–H groups in total.